The Morgan fingerprint density at radius 2 is 1.94 bits per heavy atom. The molecule has 0 atom stereocenters. The van der Waals surface area contributed by atoms with Crippen LogP contribution >= 0.6 is 23.1 Å². The van der Waals surface area contributed by atoms with Gasteiger partial charge in [-0.05, 0) is 23.2 Å². The third-order valence-corrected chi connectivity index (χ3v) is 2.20. The summed E-state index contributed by atoms with van der Waals surface area (Å²) in [4.78, 5) is 22.9. The van der Waals surface area contributed by atoms with Gasteiger partial charge in [0, 0.05) is 23.6 Å². The van der Waals surface area contributed by atoms with Crippen LogP contribution in [0.4, 0.5) is 0 Å². The molecule has 88 valence electrons. The zero-order valence-corrected chi connectivity index (χ0v) is 9.66. The fraction of sp³-hybridized carbons (Fsp3) is 0.111. The summed E-state index contributed by atoms with van der Waals surface area (Å²) < 4.78 is 0. The molecule has 0 aromatic carbocycles. The molecule has 0 aliphatic rings. The van der Waals surface area contributed by atoms with Gasteiger partial charge in [0.25, 0.3) is 0 Å². The van der Waals surface area contributed by atoms with Crippen molar-refractivity contribution in [2.24, 2.45) is 0 Å². The molecule has 0 amide bonds. The highest BCUT2D eigenvalue weighted by Crippen LogP contribution is 2.06. The second-order valence-electron chi connectivity index (χ2n) is 2.40. The fourth-order valence-electron chi connectivity index (χ4n) is 0.622. The fourth-order valence-corrected chi connectivity index (χ4v) is 1.49. The van der Waals surface area contributed by atoms with Crippen molar-refractivity contribution in [2.45, 2.75) is 6.54 Å². The van der Waals surface area contributed by atoms with Gasteiger partial charge >= 0.3 is 11.9 Å². The zero-order chi connectivity index (χ0) is 12.4. The molecule has 0 spiro atoms. The summed E-state index contributed by atoms with van der Waals surface area (Å²) in [6.45, 7) is 0.763. The molecule has 5 nitrogen and oxygen atoms in total. The van der Waals surface area contributed by atoms with E-state index in [4.69, 9.17) is 22.0 Å². The number of carboxylic acid groups (broad SMARTS) is 2. The van der Waals surface area contributed by atoms with Gasteiger partial charge in [0.1, 0.15) is 0 Å². The highest BCUT2D eigenvalue weighted by molar-refractivity contribution is 7.09. The minimum Gasteiger partial charge on any atom is -0.478 e. The quantitative estimate of drug-likeness (QED) is 0.569. The average Bonchev–Trinajstić information content (AvgIpc) is 2.69. The maximum atomic E-state index is 9.55. The lowest BCUT2D eigenvalue weighted by atomic mass is 10.5. The van der Waals surface area contributed by atoms with Crippen LogP contribution in [0.25, 0.3) is 0 Å². The van der Waals surface area contributed by atoms with E-state index in [0.29, 0.717) is 12.2 Å². The summed E-state index contributed by atoms with van der Waals surface area (Å²) in [5.74, 6) is -2.51. The van der Waals surface area contributed by atoms with E-state index in [1.54, 1.807) is 11.3 Å². The Labute approximate surface area is 101 Å². The third-order valence-electron chi connectivity index (χ3n) is 1.19. The van der Waals surface area contributed by atoms with Gasteiger partial charge in [-0.1, -0.05) is 6.07 Å². The molecule has 7 heteroatoms. The van der Waals surface area contributed by atoms with E-state index >= 15 is 0 Å². The molecule has 1 aromatic rings. The summed E-state index contributed by atoms with van der Waals surface area (Å²) >= 11 is 6.95. The minimum absolute atomic E-state index is 0.558. The van der Waals surface area contributed by atoms with Gasteiger partial charge in [0.05, 0.1) is 0 Å². The van der Waals surface area contributed by atoms with E-state index in [9.17, 15) is 9.59 Å². The molecule has 0 fully saturated rings. The van der Waals surface area contributed by atoms with E-state index in [2.05, 4.69) is 4.84 Å². The lowest BCUT2D eigenvalue weighted by Crippen LogP contribution is -1.93. The predicted molar refractivity (Wildman–Crippen MR) is 61.4 cm³/mol. The number of rotatable bonds is 4. The first-order valence-corrected chi connectivity index (χ1v) is 5.32. The molecule has 3 N–H and O–H groups in total. The summed E-state index contributed by atoms with van der Waals surface area (Å²) in [5.41, 5.74) is 0. The maximum absolute atomic E-state index is 9.55. The van der Waals surface area contributed by atoms with Gasteiger partial charge in [-0.25, -0.2) is 14.4 Å². The van der Waals surface area contributed by atoms with E-state index < -0.39 is 11.9 Å². The summed E-state index contributed by atoms with van der Waals surface area (Å²) in [5, 5.41) is 17.7. The number of hydrogen-bond donors (Lipinski definition) is 3. The third kappa shape index (κ3) is 9.20. The lowest BCUT2D eigenvalue weighted by molar-refractivity contribution is -0.134. The van der Waals surface area contributed by atoms with Crippen molar-refractivity contribution in [3.63, 3.8) is 0 Å². The SMILES string of the molecule is ClNCc1cccs1.O=C(O)/C=C\C(=O)O. The summed E-state index contributed by atoms with van der Waals surface area (Å²) in [6.07, 6.45) is 1.12. The highest BCUT2D eigenvalue weighted by atomic mass is 35.5. The van der Waals surface area contributed by atoms with Crippen LogP contribution in [0, 0.1) is 0 Å². The number of carboxylic acids is 2. The smallest absolute Gasteiger partial charge is 0.328 e. The Hall–Kier alpha value is -1.37. The molecule has 1 rings (SSSR count). The molecule has 1 aromatic heterocycles. The topological polar surface area (TPSA) is 86.6 Å². The second kappa shape index (κ2) is 8.90. The molecular formula is C9H10ClNO4S. The molecule has 0 radical (unpaired) electrons. The Kier molecular flexibility index (Phi) is 8.14. The maximum Gasteiger partial charge on any atom is 0.328 e. The van der Waals surface area contributed by atoms with Crippen molar-refractivity contribution >= 4 is 35.1 Å². The molecular weight excluding hydrogens is 254 g/mol. The van der Waals surface area contributed by atoms with Crippen LogP contribution in [0.15, 0.2) is 29.7 Å². The molecule has 0 unspecified atom stereocenters. The number of thiophene rings is 1. The van der Waals surface area contributed by atoms with E-state index in [0.717, 1.165) is 6.54 Å². The number of carbonyl (C=O) groups is 2. The molecule has 0 saturated heterocycles. The van der Waals surface area contributed by atoms with Crippen molar-refractivity contribution in [3.8, 4) is 0 Å². The Balaban J connectivity index is 0.000000281. The number of hydrogen-bond acceptors (Lipinski definition) is 4. The van der Waals surface area contributed by atoms with Crippen LogP contribution in [0.1, 0.15) is 4.88 Å². The van der Waals surface area contributed by atoms with Crippen molar-refractivity contribution in [3.05, 3.63) is 34.5 Å². The second-order valence-corrected chi connectivity index (χ2v) is 3.70. The number of halogens is 1. The van der Waals surface area contributed by atoms with Crippen molar-refractivity contribution in [1.82, 2.24) is 4.84 Å². The first-order chi connectivity index (χ1) is 7.56. The summed E-state index contributed by atoms with van der Waals surface area (Å²) in [7, 11) is 0. The number of nitrogens with one attached hydrogen (secondary N) is 1. The standard InChI is InChI=1S/C5H6ClNS.C4H4O4/c6-7-4-5-2-1-3-8-5;5-3(6)1-2-4(7)8/h1-3,7H,4H2;1-2H,(H,5,6)(H,7,8)/b;2-1-. The lowest BCUT2D eigenvalue weighted by Gasteiger charge is -1.86. The summed E-state index contributed by atoms with van der Waals surface area (Å²) in [6, 6.07) is 4.05. The highest BCUT2D eigenvalue weighted by Gasteiger charge is 1.88. The monoisotopic (exact) mass is 263 g/mol. The average molecular weight is 264 g/mol. The van der Waals surface area contributed by atoms with Crippen LogP contribution in [0.5, 0.6) is 0 Å². The molecule has 1 heterocycles. The Bertz CT molecular complexity index is 334. The first-order valence-electron chi connectivity index (χ1n) is 4.06. The molecule has 16 heavy (non-hydrogen) atoms. The van der Waals surface area contributed by atoms with Crippen molar-refractivity contribution in [2.75, 3.05) is 0 Å². The Morgan fingerprint density at radius 1 is 1.38 bits per heavy atom. The van der Waals surface area contributed by atoms with Crippen LogP contribution in [-0.4, -0.2) is 22.2 Å². The molecule has 0 aliphatic heterocycles. The van der Waals surface area contributed by atoms with Gasteiger partial charge in [-0.3, -0.25) is 0 Å². The van der Waals surface area contributed by atoms with Gasteiger partial charge in [0.2, 0.25) is 0 Å². The van der Waals surface area contributed by atoms with Crippen molar-refractivity contribution < 1.29 is 19.8 Å². The van der Waals surface area contributed by atoms with E-state index in [1.165, 1.54) is 4.88 Å². The zero-order valence-electron chi connectivity index (χ0n) is 8.09. The Morgan fingerprint density at radius 3 is 2.25 bits per heavy atom. The number of aliphatic carboxylic acids is 2. The first kappa shape index (κ1) is 14.6. The van der Waals surface area contributed by atoms with E-state index in [1.807, 2.05) is 17.5 Å². The molecule has 0 bridgehead atoms. The normalized spacial score (nSPS) is 9.56. The van der Waals surface area contributed by atoms with Gasteiger partial charge < -0.3 is 10.2 Å². The van der Waals surface area contributed by atoms with Gasteiger partial charge in [-0.15, -0.1) is 11.3 Å². The predicted octanol–water partition coefficient (Wildman–Crippen LogP) is 1.70. The van der Waals surface area contributed by atoms with Gasteiger partial charge in [-0.2, -0.15) is 0 Å². The van der Waals surface area contributed by atoms with Crippen molar-refractivity contribution in [1.29, 1.82) is 0 Å². The molecule has 0 aliphatic carbocycles. The van der Waals surface area contributed by atoms with E-state index in [-0.39, 0.29) is 0 Å². The van der Waals surface area contributed by atoms with Crippen LogP contribution < -0.4 is 4.84 Å². The molecule has 0 saturated carbocycles. The minimum atomic E-state index is -1.26. The van der Waals surface area contributed by atoms with Gasteiger partial charge in [0.15, 0.2) is 0 Å². The van der Waals surface area contributed by atoms with Crippen LogP contribution in [0.3, 0.4) is 0 Å². The van der Waals surface area contributed by atoms with Crippen LogP contribution in [0.2, 0.25) is 0 Å². The van der Waals surface area contributed by atoms with Crippen LogP contribution in [-0.2, 0) is 16.1 Å². The largest absolute Gasteiger partial charge is 0.478 e.